The van der Waals surface area contributed by atoms with Crippen LogP contribution in [0.2, 0.25) is 0 Å². The van der Waals surface area contributed by atoms with Crippen molar-refractivity contribution in [1.29, 1.82) is 0 Å². The van der Waals surface area contributed by atoms with Gasteiger partial charge in [-0.1, -0.05) is 0 Å². The van der Waals surface area contributed by atoms with E-state index in [-0.39, 0.29) is 18.2 Å². The summed E-state index contributed by atoms with van der Waals surface area (Å²) in [6, 6.07) is 3.30. The Labute approximate surface area is 120 Å². The number of fused-ring (bicyclic) bond motifs is 1. The van der Waals surface area contributed by atoms with E-state index < -0.39 is 5.97 Å². The molecule has 3 rings (SSSR count). The van der Waals surface area contributed by atoms with Gasteiger partial charge in [0.1, 0.15) is 0 Å². The summed E-state index contributed by atoms with van der Waals surface area (Å²) in [5.74, 6) is -0.372. The van der Waals surface area contributed by atoms with E-state index in [1.165, 1.54) is 6.26 Å². The minimum absolute atomic E-state index is 0.193. The maximum absolute atomic E-state index is 12.3. The van der Waals surface area contributed by atoms with E-state index in [1.807, 2.05) is 0 Å². The summed E-state index contributed by atoms with van der Waals surface area (Å²) in [5, 5.41) is 6.86. The van der Waals surface area contributed by atoms with Crippen molar-refractivity contribution < 1.29 is 18.7 Å². The van der Waals surface area contributed by atoms with Crippen molar-refractivity contribution in [3.63, 3.8) is 0 Å². The SMILES string of the molecule is CCOC(=O)c1n[nH]c2c1CN(C(=O)c1ccco1)CC2. The van der Waals surface area contributed by atoms with Gasteiger partial charge in [-0.05, 0) is 19.1 Å². The maximum Gasteiger partial charge on any atom is 0.359 e. The number of esters is 1. The van der Waals surface area contributed by atoms with Crippen molar-refractivity contribution in [2.75, 3.05) is 13.2 Å². The van der Waals surface area contributed by atoms with Crippen LogP contribution in [0.1, 0.15) is 39.2 Å². The summed E-state index contributed by atoms with van der Waals surface area (Å²) in [7, 11) is 0. The highest BCUT2D eigenvalue weighted by Gasteiger charge is 2.29. The Morgan fingerprint density at radius 1 is 1.52 bits per heavy atom. The number of aromatic nitrogens is 2. The second-order valence-electron chi connectivity index (χ2n) is 4.70. The van der Waals surface area contributed by atoms with Gasteiger partial charge in [0.2, 0.25) is 0 Å². The third-order valence-electron chi connectivity index (χ3n) is 3.42. The van der Waals surface area contributed by atoms with Crippen LogP contribution in [0.15, 0.2) is 22.8 Å². The molecular formula is C14H15N3O4. The van der Waals surface area contributed by atoms with Crippen molar-refractivity contribution >= 4 is 11.9 Å². The number of H-pyrrole nitrogens is 1. The number of nitrogens with one attached hydrogen (secondary N) is 1. The normalized spacial score (nSPS) is 13.9. The molecule has 0 aromatic carbocycles. The first kappa shape index (κ1) is 13.4. The van der Waals surface area contributed by atoms with Crippen LogP contribution in [0.25, 0.3) is 0 Å². The predicted octanol–water partition coefficient (Wildman–Crippen LogP) is 1.38. The molecular weight excluding hydrogens is 274 g/mol. The first-order chi connectivity index (χ1) is 10.2. The Kier molecular flexibility index (Phi) is 3.47. The first-order valence-electron chi connectivity index (χ1n) is 6.76. The van der Waals surface area contributed by atoms with Gasteiger partial charge in [-0.2, -0.15) is 5.10 Å². The number of hydrogen-bond acceptors (Lipinski definition) is 5. The second-order valence-corrected chi connectivity index (χ2v) is 4.70. The lowest BCUT2D eigenvalue weighted by Gasteiger charge is -2.26. The molecule has 0 bridgehead atoms. The van der Waals surface area contributed by atoms with Gasteiger partial charge in [0, 0.05) is 24.2 Å². The zero-order valence-corrected chi connectivity index (χ0v) is 11.6. The van der Waals surface area contributed by atoms with Crippen molar-refractivity contribution in [3.8, 4) is 0 Å². The van der Waals surface area contributed by atoms with Crippen molar-refractivity contribution in [3.05, 3.63) is 41.1 Å². The first-order valence-corrected chi connectivity index (χ1v) is 6.76. The number of furan rings is 1. The molecule has 1 N–H and O–H groups in total. The van der Waals surface area contributed by atoms with Crippen molar-refractivity contribution in [1.82, 2.24) is 15.1 Å². The number of carbonyl (C=O) groups excluding carboxylic acids is 2. The molecule has 2 aromatic rings. The zero-order chi connectivity index (χ0) is 14.8. The molecule has 1 aliphatic heterocycles. The molecule has 0 unspecified atom stereocenters. The molecule has 110 valence electrons. The van der Waals surface area contributed by atoms with E-state index in [0.717, 1.165) is 11.3 Å². The monoisotopic (exact) mass is 289 g/mol. The smallest absolute Gasteiger partial charge is 0.359 e. The Morgan fingerprint density at radius 2 is 2.38 bits per heavy atom. The van der Waals surface area contributed by atoms with Crippen molar-refractivity contribution in [2.24, 2.45) is 0 Å². The zero-order valence-electron chi connectivity index (χ0n) is 11.6. The summed E-state index contributed by atoms with van der Waals surface area (Å²) in [5.41, 5.74) is 1.85. The topological polar surface area (TPSA) is 88.4 Å². The van der Waals surface area contributed by atoms with Crippen molar-refractivity contribution in [2.45, 2.75) is 19.9 Å². The van der Waals surface area contributed by atoms with E-state index in [0.29, 0.717) is 25.3 Å². The average Bonchev–Trinajstić information content (AvgIpc) is 3.15. The lowest BCUT2D eigenvalue weighted by atomic mass is 10.0. The van der Waals surface area contributed by atoms with Crippen LogP contribution in [0.3, 0.4) is 0 Å². The van der Waals surface area contributed by atoms with Crippen LogP contribution in [0.5, 0.6) is 0 Å². The predicted molar refractivity (Wildman–Crippen MR) is 71.7 cm³/mol. The Morgan fingerprint density at radius 3 is 3.10 bits per heavy atom. The van der Waals surface area contributed by atoms with Crippen LogP contribution in [0.4, 0.5) is 0 Å². The minimum atomic E-state index is -0.470. The third-order valence-corrected chi connectivity index (χ3v) is 3.42. The van der Waals surface area contributed by atoms with E-state index in [4.69, 9.17) is 9.15 Å². The number of nitrogens with zero attached hydrogens (tertiary/aromatic N) is 2. The quantitative estimate of drug-likeness (QED) is 0.862. The van der Waals surface area contributed by atoms with Crippen LogP contribution in [-0.2, 0) is 17.7 Å². The summed E-state index contributed by atoms with van der Waals surface area (Å²) < 4.78 is 10.1. The summed E-state index contributed by atoms with van der Waals surface area (Å²) in [6.45, 7) is 2.90. The molecule has 0 saturated carbocycles. The number of rotatable bonds is 3. The van der Waals surface area contributed by atoms with Gasteiger partial charge < -0.3 is 14.1 Å². The third kappa shape index (κ3) is 2.42. The Bertz CT molecular complexity index is 660. The van der Waals surface area contributed by atoms with E-state index in [9.17, 15) is 9.59 Å². The average molecular weight is 289 g/mol. The fraction of sp³-hybridized carbons (Fsp3) is 0.357. The molecule has 7 nitrogen and oxygen atoms in total. The van der Waals surface area contributed by atoms with Gasteiger partial charge in [0.25, 0.3) is 5.91 Å². The molecule has 7 heteroatoms. The highest BCUT2D eigenvalue weighted by molar-refractivity contribution is 5.92. The number of carbonyl (C=O) groups is 2. The standard InChI is InChI=1S/C14H15N3O4/c1-2-20-14(19)12-9-8-17(6-5-10(9)15-16-12)13(18)11-4-3-7-21-11/h3-4,7H,2,5-6,8H2,1H3,(H,15,16). The molecule has 1 aliphatic rings. The summed E-state index contributed by atoms with van der Waals surface area (Å²) >= 11 is 0. The highest BCUT2D eigenvalue weighted by atomic mass is 16.5. The number of aromatic amines is 1. The van der Waals surface area contributed by atoms with Crippen LogP contribution in [-0.4, -0.2) is 40.1 Å². The molecule has 0 aliphatic carbocycles. The molecule has 0 saturated heterocycles. The van der Waals surface area contributed by atoms with Gasteiger partial charge in [-0.25, -0.2) is 4.79 Å². The second kappa shape index (κ2) is 5.43. The number of amides is 1. The van der Waals surface area contributed by atoms with E-state index in [1.54, 1.807) is 24.0 Å². The number of ether oxygens (including phenoxy) is 1. The van der Waals surface area contributed by atoms with Crippen LogP contribution < -0.4 is 0 Å². The van der Waals surface area contributed by atoms with E-state index in [2.05, 4.69) is 10.2 Å². The van der Waals surface area contributed by atoms with Gasteiger partial charge >= 0.3 is 5.97 Å². The molecule has 3 heterocycles. The Hall–Kier alpha value is -2.57. The minimum Gasteiger partial charge on any atom is -0.461 e. The van der Waals surface area contributed by atoms with Crippen LogP contribution in [0, 0.1) is 0 Å². The lowest BCUT2D eigenvalue weighted by molar-refractivity contribution is 0.0513. The van der Waals surface area contributed by atoms with Gasteiger partial charge in [0.05, 0.1) is 19.4 Å². The van der Waals surface area contributed by atoms with Gasteiger partial charge in [0.15, 0.2) is 11.5 Å². The largest absolute Gasteiger partial charge is 0.461 e. The molecule has 0 spiro atoms. The number of hydrogen-bond donors (Lipinski definition) is 1. The van der Waals surface area contributed by atoms with E-state index >= 15 is 0 Å². The molecule has 0 atom stereocenters. The molecule has 1 amide bonds. The Balaban J connectivity index is 1.83. The van der Waals surface area contributed by atoms with Gasteiger partial charge in [-0.15, -0.1) is 0 Å². The lowest BCUT2D eigenvalue weighted by Crippen LogP contribution is -2.36. The summed E-state index contributed by atoms with van der Waals surface area (Å²) in [4.78, 5) is 25.8. The fourth-order valence-corrected chi connectivity index (χ4v) is 2.39. The van der Waals surface area contributed by atoms with Crippen LogP contribution >= 0.6 is 0 Å². The molecule has 21 heavy (non-hydrogen) atoms. The fourth-order valence-electron chi connectivity index (χ4n) is 2.39. The summed E-state index contributed by atoms with van der Waals surface area (Å²) in [6.07, 6.45) is 2.08. The molecule has 0 fully saturated rings. The molecule has 0 radical (unpaired) electrons. The molecule has 2 aromatic heterocycles. The van der Waals surface area contributed by atoms with Gasteiger partial charge in [-0.3, -0.25) is 9.89 Å². The highest BCUT2D eigenvalue weighted by Crippen LogP contribution is 2.22. The maximum atomic E-state index is 12.3.